The van der Waals surface area contributed by atoms with Crippen LogP contribution in [0.4, 0.5) is 11.4 Å². The van der Waals surface area contributed by atoms with E-state index in [0.717, 1.165) is 55.6 Å². The van der Waals surface area contributed by atoms with Gasteiger partial charge in [0, 0.05) is 55.7 Å². The number of guanidine groups is 1. The standard InChI is InChI=1S/C21H28ClN5O.HI/c1-28-20-8-6-18(7-9-20)25-21(23)24-10-3-11-26-12-14-27(15-13-26)19-5-2-4-17(22)16-19;/h2,4-9,16H,3,10-15H2,1H3,(H3,23,24,25);1H. The van der Waals surface area contributed by atoms with E-state index in [-0.39, 0.29) is 24.0 Å². The third-order valence-corrected chi connectivity index (χ3v) is 5.06. The summed E-state index contributed by atoms with van der Waals surface area (Å²) in [4.78, 5) is 9.28. The molecule has 8 heteroatoms. The Morgan fingerprint density at radius 1 is 1.14 bits per heavy atom. The molecule has 1 saturated heterocycles. The van der Waals surface area contributed by atoms with E-state index in [1.165, 1.54) is 5.69 Å². The van der Waals surface area contributed by atoms with Gasteiger partial charge >= 0.3 is 0 Å². The van der Waals surface area contributed by atoms with E-state index >= 15 is 0 Å². The normalized spacial score (nSPS) is 15.0. The van der Waals surface area contributed by atoms with Crippen LogP contribution in [0.3, 0.4) is 0 Å². The first-order valence-corrected chi connectivity index (χ1v) is 9.96. The minimum atomic E-state index is 0. The summed E-state index contributed by atoms with van der Waals surface area (Å²) >= 11 is 6.10. The number of halogens is 2. The Morgan fingerprint density at radius 3 is 2.52 bits per heavy atom. The van der Waals surface area contributed by atoms with Crippen molar-refractivity contribution in [3.8, 4) is 5.75 Å². The average molecular weight is 530 g/mol. The van der Waals surface area contributed by atoms with Crippen LogP contribution in [0.15, 0.2) is 53.5 Å². The maximum atomic E-state index is 6.10. The summed E-state index contributed by atoms with van der Waals surface area (Å²) < 4.78 is 5.15. The Morgan fingerprint density at radius 2 is 1.86 bits per heavy atom. The van der Waals surface area contributed by atoms with E-state index < -0.39 is 0 Å². The lowest BCUT2D eigenvalue weighted by molar-refractivity contribution is 0.256. The molecule has 0 unspecified atom stereocenters. The Kier molecular flexibility index (Phi) is 9.83. The van der Waals surface area contributed by atoms with Gasteiger partial charge in [-0.3, -0.25) is 9.89 Å². The lowest BCUT2D eigenvalue weighted by Crippen LogP contribution is -2.46. The highest BCUT2D eigenvalue weighted by Crippen LogP contribution is 2.20. The number of hydrogen-bond acceptors (Lipinski definition) is 4. The van der Waals surface area contributed by atoms with E-state index in [4.69, 9.17) is 22.1 Å². The number of nitrogens with two attached hydrogens (primary N) is 1. The number of ether oxygens (including phenoxy) is 1. The van der Waals surface area contributed by atoms with Crippen molar-refractivity contribution in [1.82, 2.24) is 4.90 Å². The highest BCUT2D eigenvalue weighted by atomic mass is 127. The molecule has 158 valence electrons. The second-order valence-corrected chi connectivity index (χ2v) is 7.22. The Balaban J connectivity index is 0.00000300. The van der Waals surface area contributed by atoms with Crippen LogP contribution in [0.25, 0.3) is 0 Å². The van der Waals surface area contributed by atoms with Crippen molar-refractivity contribution in [3.63, 3.8) is 0 Å². The van der Waals surface area contributed by atoms with Gasteiger partial charge in [-0.25, -0.2) is 0 Å². The lowest BCUT2D eigenvalue weighted by Gasteiger charge is -2.36. The van der Waals surface area contributed by atoms with Crippen LogP contribution in [0.1, 0.15) is 6.42 Å². The third-order valence-electron chi connectivity index (χ3n) is 4.82. The molecule has 1 aliphatic rings. The first-order valence-electron chi connectivity index (χ1n) is 9.58. The van der Waals surface area contributed by atoms with Gasteiger partial charge in [-0.05, 0) is 48.9 Å². The molecular formula is C21H29ClIN5O. The zero-order valence-electron chi connectivity index (χ0n) is 16.7. The number of piperazine rings is 1. The maximum absolute atomic E-state index is 6.10. The van der Waals surface area contributed by atoms with Gasteiger partial charge in [-0.15, -0.1) is 24.0 Å². The van der Waals surface area contributed by atoms with Crippen molar-refractivity contribution >= 4 is 52.9 Å². The fourth-order valence-electron chi connectivity index (χ4n) is 3.26. The number of rotatable bonds is 7. The molecule has 0 amide bonds. The predicted octanol–water partition coefficient (Wildman–Crippen LogP) is 3.91. The van der Waals surface area contributed by atoms with Gasteiger partial charge in [0.2, 0.25) is 0 Å². The van der Waals surface area contributed by atoms with Crippen molar-refractivity contribution in [2.24, 2.45) is 10.7 Å². The van der Waals surface area contributed by atoms with Gasteiger partial charge < -0.3 is 20.7 Å². The molecule has 1 fully saturated rings. The van der Waals surface area contributed by atoms with Crippen molar-refractivity contribution in [3.05, 3.63) is 53.6 Å². The highest BCUT2D eigenvalue weighted by molar-refractivity contribution is 14.0. The van der Waals surface area contributed by atoms with Crippen LogP contribution in [0.2, 0.25) is 5.02 Å². The molecule has 0 saturated carbocycles. The smallest absolute Gasteiger partial charge is 0.193 e. The monoisotopic (exact) mass is 529 g/mol. The number of aliphatic imine (C=N–C) groups is 1. The predicted molar refractivity (Wildman–Crippen MR) is 133 cm³/mol. The summed E-state index contributed by atoms with van der Waals surface area (Å²) in [6, 6.07) is 15.7. The SMILES string of the molecule is COc1ccc(NC(N)=NCCCN2CCN(c3cccc(Cl)c3)CC2)cc1.I. The van der Waals surface area contributed by atoms with Crippen LogP contribution in [-0.4, -0.2) is 57.2 Å². The van der Waals surface area contributed by atoms with Crippen LogP contribution >= 0.6 is 35.6 Å². The number of nitrogens with zero attached hydrogens (tertiary/aromatic N) is 3. The molecule has 29 heavy (non-hydrogen) atoms. The topological polar surface area (TPSA) is 66.1 Å². The molecule has 0 spiro atoms. The van der Waals surface area contributed by atoms with E-state index in [1.54, 1.807) is 7.11 Å². The van der Waals surface area contributed by atoms with Crippen molar-refractivity contribution in [1.29, 1.82) is 0 Å². The van der Waals surface area contributed by atoms with Gasteiger partial charge in [0.1, 0.15) is 5.75 Å². The van der Waals surface area contributed by atoms with E-state index in [1.807, 2.05) is 42.5 Å². The molecule has 1 aliphatic heterocycles. The quantitative estimate of drug-likeness (QED) is 0.246. The first-order chi connectivity index (χ1) is 13.6. The largest absolute Gasteiger partial charge is 0.497 e. The third kappa shape index (κ3) is 7.56. The van der Waals surface area contributed by atoms with E-state index in [2.05, 4.69) is 26.2 Å². The summed E-state index contributed by atoms with van der Waals surface area (Å²) in [5.74, 6) is 1.26. The summed E-state index contributed by atoms with van der Waals surface area (Å²) in [5, 5.41) is 3.89. The van der Waals surface area contributed by atoms with Gasteiger partial charge in [-0.2, -0.15) is 0 Å². The molecule has 3 N–H and O–H groups in total. The van der Waals surface area contributed by atoms with Crippen LogP contribution in [0.5, 0.6) is 5.75 Å². The fourth-order valence-corrected chi connectivity index (χ4v) is 3.44. The van der Waals surface area contributed by atoms with Gasteiger partial charge in [0.05, 0.1) is 7.11 Å². The van der Waals surface area contributed by atoms with Gasteiger partial charge in [-0.1, -0.05) is 17.7 Å². The van der Waals surface area contributed by atoms with Crippen LogP contribution in [-0.2, 0) is 0 Å². The van der Waals surface area contributed by atoms with E-state index in [0.29, 0.717) is 12.5 Å². The molecule has 0 aromatic heterocycles. The molecule has 1 heterocycles. The van der Waals surface area contributed by atoms with Crippen LogP contribution < -0.4 is 20.7 Å². The highest BCUT2D eigenvalue weighted by Gasteiger charge is 2.16. The molecule has 0 bridgehead atoms. The molecule has 6 nitrogen and oxygen atoms in total. The fraction of sp³-hybridized carbons (Fsp3) is 0.381. The lowest BCUT2D eigenvalue weighted by atomic mass is 10.2. The Bertz CT molecular complexity index is 779. The zero-order chi connectivity index (χ0) is 19.8. The number of nitrogens with one attached hydrogen (secondary N) is 1. The first kappa shape index (κ1) is 23.6. The molecular weight excluding hydrogens is 501 g/mol. The maximum Gasteiger partial charge on any atom is 0.193 e. The molecule has 0 radical (unpaired) electrons. The van der Waals surface area contributed by atoms with Crippen molar-refractivity contribution < 1.29 is 4.74 Å². The minimum absolute atomic E-state index is 0. The number of anilines is 2. The number of benzene rings is 2. The minimum Gasteiger partial charge on any atom is -0.497 e. The Labute approximate surface area is 195 Å². The second kappa shape index (κ2) is 12.1. The molecule has 2 aromatic rings. The number of methoxy groups -OCH3 is 1. The molecule has 0 aliphatic carbocycles. The van der Waals surface area contributed by atoms with Gasteiger partial charge in [0.25, 0.3) is 0 Å². The average Bonchev–Trinajstić information content (AvgIpc) is 2.72. The van der Waals surface area contributed by atoms with Gasteiger partial charge in [0.15, 0.2) is 5.96 Å². The molecule has 2 aromatic carbocycles. The van der Waals surface area contributed by atoms with E-state index in [9.17, 15) is 0 Å². The zero-order valence-corrected chi connectivity index (χ0v) is 19.8. The molecule has 3 rings (SSSR count). The van der Waals surface area contributed by atoms with Crippen LogP contribution in [0, 0.1) is 0 Å². The summed E-state index contributed by atoms with van der Waals surface area (Å²) in [6.45, 7) is 5.88. The summed E-state index contributed by atoms with van der Waals surface area (Å²) in [6.07, 6.45) is 0.988. The number of hydrogen-bond donors (Lipinski definition) is 2. The second-order valence-electron chi connectivity index (χ2n) is 6.78. The molecule has 0 atom stereocenters. The van der Waals surface area contributed by atoms with Crippen molar-refractivity contribution in [2.45, 2.75) is 6.42 Å². The Hall–Kier alpha value is -1.71. The van der Waals surface area contributed by atoms with Crippen molar-refractivity contribution in [2.75, 3.05) is 56.6 Å². The summed E-state index contributed by atoms with van der Waals surface area (Å²) in [7, 11) is 1.65. The summed E-state index contributed by atoms with van der Waals surface area (Å²) in [5.41, 5.74) is 8.07.